The van der Waals surface area contributed by atoms with Gasteiger partial charge in [0.05, 0.1) is 6.54 Å². The van der Waals surface area contributed by atoms with Crippen LogP contribution in [0.25, 0.3) is 0 Å². The van der Waals surface area contributed by atoms with E-state index in [1.165, 1.54) is 11.1 Å². The summed E-state index contributed by atoms with van der Waals surface area (Å²) in [5.74, 6) is 6.88. The smallest absolute Gasteiger partial charge is 0.145 e. The lowest BCUT2D eigenvalue weighted by molar-refractivity contribution is 0.268. The SMILES string of the molecule is Cc1cc(NN)nc(CN2Cc3ccccc3C2)n1. The number of hydrogen-bond acceptors (Lipinski definition) is 5. The number of rotatable bonds is 3. The van der Waals surface area contributed by atoms with E-state index in [1.54, 1.807) is 0 Å². The molecule has 0 aliphatic carbocycles. The Morgan fingerprint density at radius 1 is 1.21 bits per heavy atom. The number of nitrogens with two attached hydrogens (primary N) is 1. The first-order chi connectivity index (χ1) is 9.24. The molecule has 0 atom stereocenters. The van der Waals surface area contributed by atoms with Crippen LogP contribution in [0, 0.1) is 6.92 Å². The Kier molecular flexibility index (Phi) is 3.15. The lowest BCUT2D eigenvalue weighted by atomic mass is 10.1. The number of nitrogen functional groups attached to an aromatic ring is 1. The second kappa shape index (κ2) is 4.95. The van der Waals surface area contributed by atoms with Gasteiger partial charge in [-0.25, -0.2) is 15.8 Å². The van der Waals surface area contributed by atoms with Crippen molar-refractivity contribution in [1.82, 2.24) is 14.9 Å². The van der Waals surface area contributed by atoms with Crippen LogP contribution < -0.4 is 11.3 Å². The number of hydrogen-bond donors (Lipinski definition) is 2. The maximum atomic E-state index is 5.41. The van der Waals surface area contributed by atoms with Crippen LogP contribution in [0.1, 0.15) is 22.6 Å². The van der Waals surface area contributed by atoms with E-state index in [0.717, 1.165) is 31.2 Å². The maximum absolute atomic E-state index is 5.41. The van der Waals surface area contributed by atoms with Gasteiger partial charge in [0, 0.05) is 24.8 Å². The zero-order valence-corrected chi connectivity index (χ0v) is 10.9. The van der Waals surface area contributed by atoms with E-state index < -0.39 is 0 Å². The van der Waals surface area contributed by atoms with Crippen LogP contribution in [0.3, 0.4) is 0 Å². The molecule has 19 heavy (non-hydrogen) atoms. The van der Waals surface area contributed by atoms with Crippen molar-refractivity contribution in [1.29, 1.82) is 0 Å². The largest absolute Gasteiger partial charge is 0.308 e. The van der Waals surface area contributed by atoms with Crippen molar-refractivity contribution < 1.29 is 0 Å². The zero-order chi connectivity index (χ0) is 13.2. The molecule has 1 aliphatic heterocycles. The maximum Gasteiger partial charge on any atom is 0.145 e. The van der Waals surface area contributed by atoms with Crippen LogP contribution in [0.5, 0.6) is 0 Å². The quantitative estimate of drug-likeness (QED) is 0.644. The highest BCUT2D eigenvalue weighted by Gasteiger charge is 2.19. The van der Waals surface area contributed by atoms with Gasteiger partial charge in [-0.15, -0.1) is 0 Å². The van der Waals surface area contributed by atoms with E-state index in [2.05, 4.69) is 44.6 Å². The second-order valence-corrected chi connectivity index (χ2v) is 4.87. The summed E-state index contributed by atoms with van der Waals surface area (Å²) in [5.41, 5.74) is 6.30. The number of hydrazine groups is 1. The van der Waals surface area contributed by atoms with Crippen LogP contribution in [0.2, 0.25) is 0 Å². The molecule has 0 amide bonds. The molecular formula is C14H17N5. The van der Waals surface area contributed by atoms with Gasteiger partial charge < -0.3 is 5.43 Å². The number of benzene rings is 1. The Labute approximate surface area is 112 Å². The Morgan fingerprint density at radius 3 is 2.53 bits per heavy atom. The fraction of sp³-hybridized carbons (Fsp3) is 0.286. The number of fused-ring (bicyclic) bond motifs is 1. The normalized spacial score (nSPS) is 14.4. The molecule has 0 radical (unpaired) electrons. The minimum Gasteiger partial charge on any atom is -0.308 e. The molecule has 2 aromatic rings. The van der Waals surface area contributed by atoms with Crippen molar-refractivity contribution in [3.8, 4) is 0 Å². The topological polar surface area (TPSA) is 67.1 Å². The molecule has 1 aliphatic rings. The minimum atomic E-state index is 0.666. The first-order valence-corrected chi connectivity index (χ1v) is 6.35. The summed E-state index contributed by atoms with van der Waals surface area (Å²) >= 11 is 0. The highest BCUT2D eigenvalue weighted by atomic mass is 15.3. The van der Waals surface area contributed by atoms with Gasteiger partial charge in [0.25, 0.3) is 0 Å². The predicted octanol–water partition coefficient (Wildman–Crippen LogP) is 1.59. The molecule has 3 rings (SSSR count). The van der Waals surface area contributed by atoms with Crippen molar-refractivity contribution >= 4 is 5.82 Å². The summed E-state index contributed by atoms with van der Waals surface area (Å²) in [6.45, 7) is 4.60. The molecule has 0 unspecified atom stereocenters. The van der Waals surface area contributed by atoms with E-state index in [1.807, 2.05) is 13.0 Å². The molecule has 5 heteroatoms. The van der Waals surface area contributed by atoms with Crippen LogP contribution in [0.15, 0.2) is 30.3 Å². The zero-order valence-electron chi connectivity index (χ0n) is 10.9. The van der Waals surface area contributed by atoms with Gasteiger partial charge in [0.15, 0.2) is 0 Å². The first kappa shape index (κ1) is 12.1. The van der Waals surface area contributed by atoms with Crippen molar-refractivity contribution in [3.05, 3.63) is 53.0 Å². The molecule has 1 aromatic heterocycles. The third-order valence-electron chi connectivity index (χ3n) is 3.32. The first-order valence-electron chi connectivity index (χ1n) is 6.35. The molecule has 0 spiro atoms. The van der Waals surface area contributed by atoms with Crippen LogP contribution in [0.4, 0.5) is 5.82 Å². The van der Waals surface area contributed by atoms with Crippen LogP contribution in [-0.2, 0) is 19.6 Å². The fourth-order valence-corrected chi connectivity index (χ4v) is 2.49. The van der Waals surface area contributed by atoms with Gasteiger partial charge in [0.1, 0.15) is 11.6 Å². The fourth-order valence-electron chi connectivity index (χ4n) is 2.49. The Morgan fingerprint density at radius 2 is 1.89 bits per heavy atom. The summed E-state index contributed by atoms with van der Waals surface area (Å²) in [6.07, 6.45) is 0. The second-order valence-electron chi connectivity index (χ2n) is 4.87. The molecule has 2 heterocycles. The Bertz CT molecular complexity index is 571. The van der Waals surface area contributed by atoms with Crippen LogP contribution in [-0.4, -0.2) is 14.9 Å². The molecule has 1 aromatic carbocycles. The lowest BCUT2D eigenvalue weighted by Gasteiger charge is -2.14. The van der Waals surface area contributed by atoms with E-state index in [0.29, 0.717) is 5.82 Å². The summed E-state index contributed by atoms with van der Waals surface area (Å²) in [5, 5.41) is 0. The van der Waals surface area contributed by atoms with E-state index in [-0.39, 0.29) is 0 Å². The van der Waals surface area contributed by atoms with Gasteiger partial charge in [-0.05, 0) is 18.1 Å². The molecule has 5 nitrogen and oxygen atoms in total. The van der Waals surface area contributed by atoms with Gasteiger partial charge >= 0.3 is 0 Å². The molecule has 98 valence electrons. The molecule has 0 bridgehead atoms. The third-order valence-corrected chi connectivity index (χ3v) is 3.32. The van der Waals surface area contributed by atoms with E-state index >= 15 is 0 Å². The van der Waals surface area contributed by atoms with Gasteiger partial charge in [-0.2, -0.15) is 0 Å². The summed E-state index contributed by atoms with van der Waals surface area (Å²) in [6, 6.07) is 10.4. The number of nitrogens with one attached hydrogen (secondary N) is 1. The van der Waals surface area contributed by atoms with Gasteiger partial charge in [0.2, 0.25) is 0 Å². The van der Waals surface area contributed by atoms with Crippen molar-refractivity contribution in [2.75, 3.05) is 5.43 Å². The molecule has 3 N–H and O–H groups in total. The molecule has 0 saturated heterocycles. The summed E-state index contributed by atoms with van der Waals surface area (Å²) in [7, 11) is 0. The summed E-state index contributed by atoms with van der Waals surface area (Å²) < 4.78 is 0. The van der Waals surface area contributed by atoms with E-state index in [4.69, 9.17) is 5.84 Å². The van der Waals surface area contributed by atoms with Gasteiger partial charge in [-0.3, -0.25) is 4.90 Å². The van der Waals surface area contributed by atoms with Gasteiger partial charge in [-0.1, -0.05) is 24.3 Å². The van der Waals surface area contributed by atoms with E-state index in [9.17, 15) is 0 Å². The highest BCUT2D eigenvalue weighted by Crippen LogP contribution is 2.23. The van der Waals surface area contributed by atoms with Crippen molar-refractivity contribution in [2.24, 2.45) is 5.84 Å². The Hall–Kier alpha value is -1.98. The average Bonchev–Trinajstić information content (AvgIpc) is 2.80. The molecule has 0 saturated carbocycles. The number of nitrogens with zero attached hydrogens (tertiary/aromatic N) is 3. The molecule has 0 fully saturated rings. The van der Waals surface area contributed by atoms with Crippen molar-refractivity contribution in [3.63, 3.8) is 0 Å². The predicted molar refractivity (Wildman–Crippen MR) is 74.0 cm³/mol. The van der Waals surface area contributed by atoms with Crippen LogP contribution >= 0.6 is 0 Å². The standard InChI is InChI=1S/C14H17N5/c1-10-6-13(18-15)17-14(16-10)9-19-7-11-4-2-3-5-12(11)8-19/h2-6H,7-9,15H2,1H3,(H,16,17,18). The Balaban J connectivity index is 1.75. The monoisotopic (exact) mass is 255 g/mol. The lowest BCUT2D eigenvalue weighted by Crippen LogP contribution is -2.19. The average molecular weight is 255 g/mol. The van der Waals surface area contributed by atoms with Crippen molar-refractivity contribution in [2.45, 2.75) is 26.6 Å². The number of aryl methyl sites for hydroxylation is 1. The summed E-state index contributed by atoms with van der Waals surface area (Å²) in [4.78, 5) is 11.2. The number of aromatic nitrogens is 2. The minimum absolute atomic E-state index is 0.666. The highest BCUT2D eigenvalue weighted by molar-refractivity contribution is 5.34. The number of anilines is 1. The molecular weight excluding hydrogens is 238 g/mol. The third kappa shape index (κ3) is 2.57.